The van der Waals surface area contributed by atoms with E-state index in [-0.39, 0.29) is 16.3 Å². The average Bonchev–Trinajstić information content (AvgIpc) is 2.17. The molecule has 0 fully saturated rings. The number of sulfonamides is 1. The van der Waals surface area contributed by atoms with Gasteiger partial charge in [0.05, 0.1) is 0 Å². The van der Waals surface area contributed by atoms with Crippen molar-refractivity contribution in [3.05, 3.63) is 30.1 Å². The molecule has 0 aliphatic heterocycles. The first-order valence-corrected chi connectivity index (χ1v) is 7.21. The summed E-state index contributed by atoms with van der Waals surface area (Å²) in [5.41, 5.74) is 0. The van der Waals surface area contributed by atoms with Gasteiger partial charge < -0.3 is 0 Å². The zero-order valence-corrected chi connectivity index (χ0v) is 11.2. The van der Waals surface area contributed by atoms with E-state index in [1.165, 1.54) is 18.2 Å². The number of benzene rings is 1. The van der Waals surface area contributed by atoms with Crippen molar-refractivity contribution in [2.24, 2.45) is 0 Å². The summed E-state index contributed by atoms with van der Waals surface area (Å²) >= 11 is 3.30. The van der Waals surface area contributed by atoms with E-state index in [1.807, 2.05) is 6.92 Å². The van der Waals surface area contributed by atoms with Gasteiger partial charge >= 0.3 is 0 Å². The molecule has 1 rings (SSSR count). The fourth-order valence-corrected chi connectivity index (χ4v) is 2.49. The maximum absolute atomic E-state index is 13.2. The van der Waals surface area contributed by atoms with Gasteiger partial charge in [0.2, 0.25) is 10.0 Å². The van der Waals surface area contributed by atoms with Crippen LogP contribution < -0.4 is 4.72 Å². The smallest absolute Gasteiger partial charge is 0.211 e. The summed E-state index contributed by atoms with van der Waals surface area (Å²) in [6.45, 7) is 2.19. The Labute approximate surface area is 103 Å². The predicted molar refractivity (Wildman–Crippen MR) is 64.6 cm³/mol. The SMILES string of the molecule is CC(Br)CCNS(=O)(=O)c1ccccc1F. The highest BCUT2D eigenvalue weighted by molar-refractivity contribution is 9.09. The minimum absolute atomic E-state index is 0.218. The van der Waals surface area contributed by atoms with E-state index in [0.717, 1.165) is 6.07 Å². The topological polar surface area (TPSA) is 46.2 Å². The molecule has 1 N–H and O–H groups in total. The number of hydrogen-bond donors (Lipinski definition) is 1. The number of halogens is 2. The summed E-state index contributed by atoms with van der Waals surface area (Å²) in [6.07, 6.45) is 0.647. The molecule has 16 heavy (non-hydrogen) atoms. The molecular formula is C10H13BrFNO2S. The van der Waals surface area contributed by atoms with Gasteiger partial charge in [-0.25, -0.2) is 17.5 Å². The van der Waals surface area contributed by atoms with Gasteiger partial charge in [0, 0.05) is 11.4 Å². The van der Waals surface area contributed by atoms with Crippen LogP contribution in [-0.2, 0) is 10.0 Å². The summed E-state index contributed by atoms with van der Waals surface area (Å²) in [7, 11) is -3.73. The van der Waals surface area contributed by atoms with E-state index in [4.69, 9.17) is 0 Å². The maximum Gasteiger partial charge on any atom is 0.243 e. The normalized spacial score (nSPS) is 13.7. The predicted octanol–water partition coefficient (Wildman–Crippen LogP) is 2.28. The minimum atomic E-state index is -3.73. The van der Waals surface area contributed by atoms with Crippen molar-refractivity contribution in [2.75, 3.05) is 6.54 Å². The van der Waals surface area contributed by atoms with Crippen LogP contribution in [0.4, 0.5) is 4.39 Å². The lowest BCUT2D eigenvalue weighted by Crippen LogP contribution is -2.26. The molecule has 0 aromatic heterocycles. The Balaban J connectivity index is 2.75. The molecule has 0 aliphatic rings. The zero-order chi connectivity index (χ0) is 12.2. The number of rotatable bonds is 5. The Kier molecular flexibility index (Phi) is 4.89. The molecule has 0 saturated carbocycles. The van der Waals surface area contributed by atoms with E-state index in [1.54, 1.807) is 0 Å². The lowest BCUT2D eigenvalue weighted by molar-refractivity contribution is 0.555. The maximum atomic E-state index is 13.2. The molecule has 0 aliphatic carbocycles. The molecule has 0 bridgehead atoms. The first-order valence-electron chi connectivity index (χ1n) is 4.82. The first-order chi connectivity index (χ1) is 7.43. The molecule has 1 unspecified atom stereocenters. The van der Waals surface area contributed by atoms with Crippen LogP contribution >= 0.6 is 15.9 Å². The van der Waals surface area contributed by atoms with E-state index in [0.29, 0.717) is 6.42 Å². The van der Waals surface area contributed by atoms with E-state index in [2.05, 4.69) is 20.7 Å². The van der Waals surface area contributed by atoms with Crippen LogP contribution in [0.1, 0.15) is 13.3 Å². The van der Waals surface area contributed by atoms with Crippen molar-refractivity contribution in [3.63, 3.8) is 0 Å². The van der Waals surface area contributed by atoms with Crippen LogP contribution in [0.5, 0.6) is 0 Å². The van der Waals surface area contributed by atoms with Crippen molar-refractivity contribution in [1.29, 1.82) is 0 Å². The van der Waals surface area contributed by atoms with Crippen LogP contribution in [0.15, 0.2) is 29.2 Å². The highest BCUT2D eigenvalue weighted by atomic mass is 79.9. The molecule has 0 amide bonds. The summed E-state index contributed by atoms with van der Waals surface area (Å²) < 4.78 is 38.9. The third-order valence-corrected chi connectivity index (χ3v) is 3.91. The zero-order valence-electron chi connectivity index (χ0n) is 8.78. The summed E-state index contributed by atoms with van der Waals surface area (Å²) in [5.74, 6) is -0.734. The van der Waals surface area contributed by atoms with Gasteiger partial charge in [-0.1, -0.05) is 35.0 Å². The van der Waals surface area contributed by atoms with Gasteiger partial charge in [-0.05, 0) is 18.6 Å². The molecule has 0 heterocycles. The lowest BCUT2D eigenvalue weighted by atomic mass is 10.3. The van der Waals surface area contributed by atoms with Crippen molar-refractivity contribution >= 4 is 26.0 Å². The fraction of sp³-hybridized carbons (Fsp3) is 0.400. The molecule has 0 radical (unpaired) electrons. The van der Waals surface area contributed by atoms with Crippen molar-refractivity contribution in [2.45, 2.75) is 23.1 Å². The Morgan fingerprint density at radius 1 is 1.44 bits per heavy atom. The third kappa shape index (κ3) is 3.84. The standard InChI is InChI=1S/C10H13BrFNO2S/c1-8(11)6-7-13-16(14,15)10-5-3-2-4-9(10)12/h2-5,8,13H,6-7H2,1H3. The van der Waals surface area contributed by atoms with Gasteiger partial charge in [0.1, 0.15) is 10.7 Å². The second-order valence-corrected chi connectivity index (χ2v) is 6.70. The van der Waals surface area contributed by atoms with E-state index in [9.17, 15) is 12.8 Å². The lowest BCUT2D eigenvalue weighted by Gasteiger charge is -2.08. The molecule has 0 spiro atoms. The molecule has 1 aromatic carbocycles. The summed E-state index contributed by atoms with van der Waals surface area (Å²) in [4.78, 5) is -0.0898. The second kappa shape index (κ2) is 5.75. The van der Waals surface area contributed by atoms with E-state index < -0.39 is 15.8 Å². The van der Waals surface area contributed by atoms with Crippen molar-refractivity contribution < 1.29 is 12.8 Å². The van der Waals surface area contributed by atoms with Crippen LogP contribution in [-0.4, -0.2) is 19.8 Å². The van der Waals surface area contributed by atoms with Crippen LogP contribution in [0.3, 0.4) is 0 Å². The highest BCUT2D eigenvalue weighted by Crippen LogP contribution is 2.13. The van der Waals surface area contributed by atoms with Gasteiger partial charge in [-0.15, -0.1) is 0 Å². The molecule has 1 aromatic rings. The number of alkyl halides is 1. The van der Waals surface area contributed by atoms with E-state index >= 15 is 0 Å². The van der Waals surface area contributed by atoms with Crippen LogP contribution in [0.2, 0.25) is 0 Å². The van der Waals surface area contributed by atoms with Gasteiger partial charge in [0.25, 0.3) is 0 Å². The minimum Gasteiger partial charge on any atom is -0.211 e. The van der Waals surface area contributed by atoms with Crippen molar-refractivity contribution in [1.82, 2.24) is 4.72 Å². The monoisotopic (exact) mass is 309 g/mol. The fourth-order valence-electron chi connectivity index (χ4n) is 1.13. The Morgan fingerprint density at radius 3 is 2.62 bits per heavy atom. The largest absolute Gasteiger partial charge is 0.243 e. The third-order valence-electron chi connectivity index (χ3n) is 1.96. The Hall–Kier alpha value is -0.460. The molecule has 6 heteroatoms. The highest BCUT2D eigenvalue weighted by Gasteiger charge is 2.17. The van der Waals surface area contributed by atoms with Crippen molar-refractivity contribution in [3.8, 4) is 0 Å². The van der Waals surface area contributed by atoms with Gasteiger partial charge in [-0.2, -0.15) is 0 Å². The van der Waals surface area contributed by atoms with Gasteiger partial charge in [-0.3, -0.25) is 0 Å². The summed E-state index contributed by atoms with van der Waals surface area (Å²) in [6, 6.07) is 5.32. The van der Waals surface area contributed by atoms with Crippen LogP contribution in [0, 0.1) is 5.82 Å². The molecule has 3 nitrogen and oxygen atoms in total. The number of hydrogen-bond acceptors (Lipinski definition) is 2. The molecule has 0 saturated heterocycles. The molecule has 1 atom stereocenters. The Bertz CT molecular complexity index is 448. The number of nitrogens with one attached hydrogen (secondary N) is 1. The second-order valence-electron chi connectivity index (χ2n) is 3.40. The summed E-state index contributed by atoms with van der Waals surface area (Å²) in [5, 5.41) is 0. The quantitative estimate of drug-likeness (QED) is 0.848. The Morgan fingerprint density at radius 2 is 2.06 bits per heavy atom. The van der Waals surface area contributed by atoms with Crippen LogP contribution in [0.25, 0.3) is 0 Å². The molecular weight excluding hydrogens is 297 g/mol. The van der Waals surface area contributed by atoms with Gasteiger partial charge in [0.15, 0.2) is 0 Å². The molecule has 90 valence electrons. The first kappa shape index (κ1) is 13.6. The average molecular weight is 310 g/mol.